The van der Waals surface area contributed by atoms with Crippen LogP contribution in [0.5, 0.6) is 11.5 Å². The molecule has 0 saturated carbocycles. The van der Waals surface area contributed by atoms with Gasteiger partial charge < -0.3 is 20.1 Å². The van der Waals surface area contributed by atoms with Crippen molar-refractivity contribution in [2.24, 2.45) is 5.92 Å². The van der Waals surface area contributed by atoms with Crippen LogP contribution in [0.4, 0.5) is 0 Å². The fourth-order valence-corrected chi connectivity index (χ4v) is 3.25. The molecule has 1 aromatic carbocycles. The summed E-state index contributed by atoms with van der Waals surface area (Å²) in [6.45, 7) is 6.45. The number of rotatable bonds is 10. The van der Waals surface area contributed by atoms with E-state index < -0.39 is 10.0 Å². The van der Waals surface area contributed by atoms with Crippen molar-refractivity contribution in [3.05, 3.63) is 18.2 Å². The van der Waals surface area contributed by atoms with E-state index in [9.17, 15) is 13.2 Å². The summed E-state index contributed by atoms with van der Waals surface area (Å²) in [4.78, 5) is 11.8. The largest absolute Gasteiger partial charge is 0.490 e. The Morgan fingerprint density at radius 1 is 1.20 bits per heavy atom. The van der Waals surface area contributed by atoms with Crippen LogP contribution in [-0.2, 0) is 14.8 Å². The molecule has 0 atom stereocenters. The van der Waals surface area contributed by atoms with Crippen LogP contribution in [0.2, 0.25) is 0 Å². The number of carbonyl (C=O) groups excluding carboxylic acids is 1. The third-order valence-corrected chi connectivity index (χ3v) is 5.10. The smallest absolute Gasteiger partial charge is 0.241 e. The fourth-order valence-electron chi connectivity index (χ4n) is 2.26. The highest BCUT2D eigenvalue weighted by Gasteiger charge is 2.20. The van der Waals surface area contributed by atoms with Gasteiger partial charge in [-0.15, -0.1) is 0 Å². The monoisotopic (exact) mass is 371 g/mol. The van der Waals surface area contributed by atoms with Gasteiger partial charge in [-0.2, -0.15) is 0 Å². The number of benzene rings is 1. The van der Waals surface area contributed by atoms with Gasteiger partial charge in [0, 0.05) is 31.6 Å². The van der Waals surface area contributed by atoms with Crippen molar-refractivity contribution in [1.29, 1.82) is 0 Å². The second kappa shape index (κ2) is 9.02. The Morgan fingerprint density at radius 2 is 1.88 bits per heavy atom. The molecule has 25 heavy (non-hydrogen) atoms. The lowest BCUT2D eigenvalue weighted by atomic mass is 10.0. The van der Waals surface area contributed by atoms with Crippen LogP contribution in [0.1, 0.15) is 13.8 Å². The molecule has 1 fully saturated rings. The predicted molar refractivity (Wildman–Crippen MR) is 93.3 cm³/mol. The fraction of sp³-hybridized carbons (Fsp3) is 0.562. The third kappa shape index (κ3) is 5.58. The maximum Gasteiger partial charge on any atom is 0.241 e. The Hall–Kier alpha value is -1.84. The summed E-state index contributed by atoms with van der Waals surface area (Å²) < 4.78 is 37.9. The number of amides is 1. The maximum absolute atomic E-state index is 12.4. The van der Waals surface area contributed by atoms with Gasteiger partial charge >= 0.3 is 0 Å². The van der Waals surface area contributed by atoms with E-state index in [4.69, 9.17) is 9.47 Å². The average molecular weight is 371 g/mol. The normalized spacial score (nSPS) is 14.6. The number of ether oxygens (including phenoxy) is 2. The van der Waals surface area contributed by atoms with Gasteiger partial charge in [-0.25, -0.2) is 13.1 Å². The second-order valence-electron chi connectivity index (χ2n) is 5.63. The number of hydrogen-bond donors (Lipinski definition) is 3. The summed E-state index contributed by atoms with van der Waals surface area (Å²) >= 11 is 0. The zero-order chi connectivity index (χ0) is 18.3. The average Bonchev–Trinajstić information content (AvgIpc) is 2.53. The SMILES string of the molecule is CCOc1ccc(S(=O)(=O)NCC(=O)NCC2CNC2)cc1OCC. The Balaban J connectivity index is 1.97. The molecule has 0 unspecified atom stereocenters. The molecule has 0 aromatic heterocycles. The minimum atomic E-state index is -3.82. The van der Waals surface area contributed by atoms with E-state index in [1.807, 2.05) is 6.92 Å². The van der Waals surface area contributed by atoms with Gasteiger partial charge in [0.2, 0.25) is 15.9 Å². The van der Waals surface area contributed by atoms with Gasteiger partial charge in [0.05, 0.1) is 24.7 Å². The van der Waals surface area contributed by atoms with Crippen LogP contribution >= 0.6 is 0 Å². The topological polar surface area (TPSA) is 106 Å². The molecule has 1 aliphatic heterocycles. The Morgan fingerprint density at radius 3 is 2.48 bits per heavy atom. The van der Waals surface area contributed by atoms with Crippen LogP contribution in [0.15, 0.2) is 23.1 Å². The van der Waals surface area contributed by atoms with E-state index in [0.29, 0.717) is 37.2 Å². The number of carbonyl (C=O) groups is 1. The molecular weight excluding hydrogens is 346 g/mol. The first kappa shape index (κ1) is 19.5. The van der Waals surface area contributed by atoms with Crippen LogP contribution in [0, 0.1) is 5.92 Å². The molecular formula is C16H25N3O5S. The van der Waals surface area contributed by atoms with Gasteiger partial charge in [-0.1, -0.05) is 0 Å². The van der Waals surface area contributed by atoms with Crippen molar-refractivity contribution < 1.29 is 22.7 Å². The number of sulfonamides is 1. The van der Waals surface area contributed by atoms with E-state index in [0.717, 1.165) is 13.1 Å². The first-order valence-electron chi connectivity index (χ1n) is 8.33. The molecule has 8 nitrogen and oxygen atoms in total. The Labute approximate surface area is 148 Å². The van der Waals surface area contributed by atoms with E-state index in [2.05, 4.69) is 15.4 Å². The zero-order valence-electron chi connectivity index (χ0n) is 14.5. The van der Waals surface area contributed by atoms with Gasteiger partial charge in [0.25, 0.3) is 0 Å². The molecule has 0 spiro atoms. The van der Waals surface area contributed by atoms with Crippen molar-refractivity contribution in [3.8, 4) is 11.5 Å². The lowest BCUT2D eigenvalue weighted by molar-refractivity contribution is -0.120. The summed E-state index contributed by atoms with van der Waals surface area (Å²) in [6.07, 6.45) is 0. The van der Waals surface area contributed by atoms with Gasteiger partial charge in [-0.3, -0.25) is 4.79 Å². The zero-order valence-corrected chi connectivity index (χ0v) is 15.3. The highest BCUT2D eigenvalue weighted by Crippen LogP contribution is 2.30. The summed E-state index contributed by atoms with van der Waals surface area (Å²) in [5, 5.41) is 5.82. The molecule has 3 N–H and O–H groups in total. The molecule has 0 bridgehead atoms. The predicted octanol–water partition coefficient (Wildman–Crippen LogP) is 0.0979. The third-order valence-electron chi connectivity index (χ3n) is 3.70. The number of hydrogen-bond acceptors (Lipinski definition) is 6. The van der Waals surface area contributed by atoms with Gasteiger partial charge in [0.15, 0.2) is 11.5 Å². The molecule has 0 radical (unpaired) electrons. The molecule has 1 amide bonds. The van der Waals surface area contributed by atoms with E-state index in [1.165, 1.54) is 12.1 Å². The minimum Gasteiger partial charge on any atom is -0.490 e. The Bertz CT molecular complexity index is 689. The Kier molecular flexibility index (Phi) is 7.03. The first-order valence-corrected chi connectivity index (χ1v) is 9.81. The molecule has 1 aliphatic rings. The first-order chi connectivity index (χ1) is 12.0. The van der Waals surface area contributed by atoms with Crippen LogP contribution in [-0.4, -0.2) is 53.7 Å². The maximum atomic E-state index is 12.4. The molecule has 9 heteroatoms. The minimum absolute atomic E-state index is 0.0235. The molecule has 140 valence electrons. The highest BCUT2D eigenvalue weighted by atomic mass is 32.2. The standard InChI is InChI=1S/C16H25N3O5S/c1-3-23-14-6-5-13(7-15(14)24-4-2)25(21,22)19-11-16(20)18-10-12-8-17-9-12/h5-7,12,17,19H,3-4,8-11H2,1-2H3,(H,18,20). The van der Waals surface area contributed by atoms with Gasteiger partial charge in [-0.05, 0) is 26.0 Å². The molecule has 0 aliphatic carbocycles. The van der Waals surface area contributed by atoms with Crippen molar-refractivity contribution in [1.82, 2.24) is 15.4 Å². The molecule has 1 aromatic rings. The second-order valence-corrected chi connectivity index (χ2v) is 7.39. The molecule has 1 saturated heterocycles. The van der Waals surface area contributed by atoms with E-state index >= 15 is 0 Å². The van der Waals surface area contributed by atoms with Crippen LogP contribution < -0.4 is 24.8 Å². The van der Waals surface area contributed by atoms with E-state index in [1.54, 1.807) is 13.0 Å². The van der Waals surface area contributed by atoms with Crippen LogP contribution in [0.3, 0.4) is 0 Å². The summed E-state index contributed by atoms with van der Waals surface area (Å²) in [5.74, 6) is 0.899. The van der Waals surface area contributed by atoms with Crippen molar-refractivity contribution >= 4 is 15.9 Å². The lowest BCUT2D eigenvalue weighted by Gasteiger charge is -2.27. The van der Waals surface area contributed by atoms with E-state index in [-0.39, 0.29) is 17.3 Å². The summed E-state index contributed by atoms with van der Waals surface area (Å²) in [5.41, 5.74) is 0. The van der Waals surface area contributed by atoms with Crippen molar-refractivity contribution in [3.63, 3.8) is 0 Å². The number of nitrogens with one attached hydrogen (secondary N) is 3. The van der Waals surface area contributed by atoms with Crippen LogP contribution in [0.25, 0.3) is 0 Å². The van der Waals surface area contributed by atoms with Gasteiger partial charge in [0.1, 0.15) is 0 Å². The van der Waals surface area contributed by atoms with Crippen molar-refractivity contribution in [2.45, 2.75) is 18.7 Å². The lowest BCUT2D eigenvalue weighted by Crippen LogP contribution is -2.49. The molecule has 1 heterocycles. The molecule has 2 rings (SSSR count). The highest BCUT2D eigenvalue weighted by molar-refractivity contribution is 7.89. The quantitative estimate of drug-likeness (QED) is 0.539. The summed E-state index contributed by atoms with van der Waals surface area (Å²) in [6, 6.07) is 4.37. The van der Waals surface area contributed by atoms with Crippen molar-refractivity contribution in [2.75, 3.05) is 39.4 Å². The summed E-state index contributed by atoms with van der Waals surface area (Å²) in [7, 11) is -3.82.